The van der Waals surface area contributed by atoms with E-state index in [1.807, 2.05) is 36.4 Å². The van der Waals surface area contributed by atoms with Gasteiger partial charge < -0.3 is 4.74 Å². The van der Waals surface area contributed by atoms with Crippen molar-refractivity contribution in [1.82, 2.24) is 0 Å². The van der Waals surface area contributed by atoms with E-state index in [1.54, 1.807) is 12.1 Å². The lowest BCUT2D eigenvalue weighted by Gasteiger charge is -2.31. The summed E-state index contributed by atoms with van der Waals surface area (Å²) in [4.78, 5) is 0. The summed E-state index contributed by atoms with van der Waals surface area (Å²) in [6.07, 6.45) is 0. The highest BCUT2D eigenvalue weighted by atomic mass is 79.9. The van der Waals surface area contributed by atoms with Gasteiger partial charge in [0.2, 0.25) is 5.90 Å². The van der Waals surface area contributed by atoms with Gasteiger partial charge >= 0.3 is 0 Å². The number of rotatable bonds is 1. The standard InChI is InChI=1S/C20H12BrFN2O/c21-12-6-8-17(22)15(9-12)18-14-7-5-11-3-1-2-4-13(11)19(14)25-20(24)16(18)10-23/h1-9,16,18,24H. The quantitative estimate of drug-likeness (QED) is 0.601. The van der Waals surface area contributed by atoms with E-state index in [4.69, 9.17) is 10.1 Å². The van der Waals surface area contributed by atoms with Crippen molar-refractivity contribution in [3.63, 3.8) is 0 Å². The molecule has 0 amide bonds. The van der Waals surface area contributed by atoms with Crippen LogP contribution in [0.5, 0.6) is 5.75 Å². The maximum Gasteiger partial charge on any atom is 0.205 e. The van der Waals surface area contributed by atoms with Gasteiger partial charge in [0.1, 0.15) is 17.5 Å². The van der Waals surface area contributed by atoms with Crippen LogP contribution in [0.15, 0.2) is 59.1 Å². The predicted octanol–water partition coefficient (Wildman–Crippen LogP) is 5.38. The number of halogens is 2. The molecular formula is C20H12BrFN2O. The first-order valence-electron chi connectivity index (χ1n) is 7.72. The summed E-state index contributed by atoms with van der Waals surface area (Å²) in [5.74, 6) is -1.50. The van der Waals surface area contributed by atoms with Crippen molar-refractivity contribution in [3.8, 4) is 11.8 Å². The molecule has 2 atom stereocenters. The Morgan fingerprint density at radius 3 is 2.68 bits per heavy atom. The van der Waals surface area contributed by atoms with Gasteiger partial charge in [0.25, 0.3) is 0 Å². The van der Waals surface area contributed by atoms with E-state index in [-0.39, 0.29) is 5.90 Å². The number of fused-ring (bicyclic) bond motifs is 3. The summed E-state index contributed by atoms with van der Waals surface area (Å²) in [6, 6.07) is 18.2. The van der Waals surface area contributed by atoms with Gasteiger partial charge in [-0.1, -0.05) is 52.3 Å². The van der Waals surface area contributed by atoms with E-state index in [9.17, 15) is 9.65 Å². The molecule has 0 spiro atoms. The number of benzene rings is 3. The molecular weight excluding hydrogens is 383 g/mol. The van der Waals surface area contributed by atoms with Crippen molar-refractivity contribution < 1.29 is 9.13 Å². The number of nitrogens with one attached hydrogen (secondary N) is 1. The Morgan fingerprint density at radius 2 is 1.88 bits per heavy atom. The van der Waals surface area contributed by atoms with Crippen molar-refractivity contribution in [2.75, 3.05) is 0 Å². The van der Waals surface area contributed by atoms with Gasteiger partial charge in [-0.15, -0.1) is 0 Å². The molecule has 1 N–H and O–H groups in total. The Labute approximate surface area is 152 Å². The molecule has 4 rings (SSSR count). The molecule has 0 saturated carbocycles. The van der Waals surface area contributed by atoms with Crippen LogP contribution in [0.1, 0.15) is 17.0 Å². The molecule has 0 aromatic heterocycles. The van der Waals surface area contributed by atoms with E-state index in [0.717, 1.165) is 20.8 Å². The van der Waals surface area contributed by atoms with Crippen LogP contribution < -0.4 is 4.74 Å². The highest BCUT2D eigenvalue weighted by Gasteiger charge is 2.38. The van der Waals surface area contributed by atoms with E-state index < -0.39 is 17.7 Å². The van der Waals surface area contributed by atoms with Gasteiger partial charge in [-0.3, -0.25) is 5.41 Å². The molecule has 0 fully saturated rings. The van der Waals surface area contributed by atoms with Gasteiger partial charge in [-0.05, 0) is 29.1 Å². The van der Waals surface area contributed by atoms with Crippen molar-refractivity contribution in [2.45, 2.75) is 5.92 Å². The second kappa shape index (κ2) is 5.98. The van der Waals surface area contributed by atoms with Crippen LogP contribution in [-0.4, -0.2) is 5.90 Å². The van der Waals surface area contributed by atoms with E-state index in [2.05, 4.69) is 22.0 Å². The molecule has 2 unspecified atom stereocenters. The van der Waals surface area contributed by atoms with Crippen LogP contribution in [-0.2, 0) is 0 Å². The van der Waals surface area contributed by atoms with Gasteiger partial charge in [-0.2, -0.15) is 5.26 Å². The highest BCUT2D eigenvalue weighted by molar-refractivity contribution is 9.10. The minimum atomic E-state index is -0.877. The molecule has 1 aliphatic heterocycles. The van der Waals surface area contributed by atoms with Crippen molar-refractivity contribution in [3.05, 3.63) is 76.0 Å². The Bertz CT molecular complexity index is 1060. The third-order valence-corrected chi connectivity index (χ3v) is 5.00. The van der Waals surface area contributed by atoms with Gasteiger partial charge in [0, 0.05) is 21.3 Å². The number of hydrogen-bond acceptors (Lipinski definition) is 3. The smallest absolute Gasteiger partial charge is 0.205 e. The zero-order chi connectivity index (χ0) is 17.6. The third-order valence-electron chi connectivity index (χ3n) is 4.51. The minimum Gasteiger partial charge on any atom is -0.441 e. The summed E-state index contributed by atoms with van der Waals surface area (Å²) in [7, 11) is 0. The molecule has 1 heterocycles. The van der Waals surface area contributed by atoms with E-state index in [0.29, 0.717) is 11.3 Å². The van der Waals surface area contributed by atoms with Crippen LogP contribution in [0.4, 0.5) is 4.39 Å². The topological polar surface area (TPSA) is 56.9 Å². The van der Waals surface area contributed by atoms with Crippen LogP contribution in [0.25, 0.3) is 10.8 Å². The normalized spacial score (nSPS) is 19.2. The molecule has 3 aromatic rings. The lowest BCUT2D eigenvalue weighted by Crippen LogP contribution is -2.31. The molecule has 5 heteroatoms. The molecule has 1 aliphatic rings. The van der Waals surface area contributed by atoms with E-state index >= 15 is 0 Å². The second-order valence-corrected chi connectivity index (χ2v) is 6.84. The SMILES string of the molecule is N#CC1C(=N)Oc2c(ccc3ccccc23)C1c1cc(Br)ccc1F. The zero-order valence-electron chi connectivity index (χ0n) is 13.0. The fourth-order valence-electron chi connectivity index (χ4n) is 3.36. The molecule has 3 nitrogen and oxygen atoms in total. The second-order valence-electron chi connectivity index (χ2n) is 5.92. The lowest BCUT2D eigenvalue weighted by molar-refractivity contribution is 0.448. The Balaban J connectivity index is 2.03. The molecule has 0 bridgehead atoms. The van der Waals surface area contributed by atoms with Crippen LogP contribution in [0.3, 0.4) is 0 Å². The number of nitrogens with zero attached hydrogens (tertiary/aromatic N) is 1. The number of ether oxygens (including phenoxy) is 1. The molecule has 3 aromatic carbocycles. The fourth-order valence-corrected chi connectivity index (χ4v) is 3.74. The first-order chi connectivity index (χ1) is 12.1. The Morgan fingerprint density at radius 1 is 1.08 bits per heavy atom. The number of hydrogen-bond donors (Lipinski definition) is 1. The summed E-state index contributed by atoms with van der Waals surface area (Å²) in [5, 5.41) is 19.6. The Hall–Kier alpha value is -2.71. The van der Waals surface area contributed by atoms with Crippen LogP contribution >= 0.6 is 15.9 Å². The average Bonchev–Trinajstić information content (AvgIpc) is 2.62. The van der Waals surface area contributed by atoms with Crippen molar-refractivity contribution in [2.24, 2.45) is 5.92 Å². The monoisotopic (exact) mass is 394 g/mol. The fraction of sp³-hybridized carbons (Fsp3) is 0.100. The first kappa shape index (κ1) is 15.8. The minimum absolute atomic E-state index is 0.157. The highest BCUT2D eigenvalue weighted by Crippen LogP contribution is 2.46. The van der Waals surface area contributed by atoms with Crippen molar-refractivity contribution in [1.29, 1.82) is 10.7 Å². The molecule has 0 aliphatic carbocycles. The van der Waals surface area contributed by atoms with Crippen molar-refractivity contribution >= 4 is 32.6 Å². The molecule has 0 saturated heterocycles. The third kappa shape index (κ3) is 2.50. The first-order valence-corrected chi connectivity index (χ1v) is 8.52. The van der Waals surface area contributed by atoms with E-state index in [1.165, 1.54) is 6.07 Å². The summed E-state index contributed by atoms with van der Waals surface area (Å²) >= 11 is 3.37. The summed E-state index contributed by atoms with van der Waals surface area (Å²) in [5.41, 5.74) is 1.10. The van der Waals surface area contributed by atoms with Gasteiger partial charge in [0.05, 0.1) is 6.07 Å². The lowest BCUT2D eigenvalue weighted by atomic mass is 9.78. The summed E-state index contributed by atoms with van der Waals surface area (Å²) in [6.45, 7) is 0. The largest absolute Gasteiger partial charge is 0.441 e. The maximum absolute atomic E-state index is 14.6. The van der Waals surface area contributed by atoms with Crippen LogP contribution in [0, 0.1) is 28.5 Å². The van der Waals surface area contributed by atoms with Gasteiger partial charge in [-0.25, -0.2) is 4.39 Å². The molecule has 0 radical (unpaired) electrons. The summed E-state index contributed by atoms with van der Waals surface area (Å²) < 4.78 is 21.0. The zero-order valence-corrected chi connectivity index (χ0v) is 14.5. The maximum atomic E-state index is 14.6. The average molecular weight is 395 g/mol. The molecule has 122 valence electrons. The molecule has 25 heavy (non-hydrogen) atoms. The number of nitriles is 1. The van der Waals surface area contributed by atoms with Gasteiger partial charge in [0.15, 0.2) is 0 Å². The Kier molecular flexibility index (Phi) is 3.78. The predicted molar refractivity (Wildman–Crippen MR) is 97.3 cm³/mol. The van der Waals surface area contributed by atoms with Crippen LogP contribution in [0.2, 0.25) is 0 Å².